The Morgan fingerprint density at radius 1 is 1.21 bits per heavy atom. The van der Waals surface area contributed by atoms with Crippen LogP contribution in [-0.2, 0) is 24.2 Å². The fourth-order valence-corrected chi connectivity index (χ4v) is 4.66. The third kappa shape index (κ3) is 2.71. The van der Waals surface area contributed by atoms with E-state index in [1.165, 1.54) is 16.2 Å². The second-order valence-electron chi connectivity index (χ2n) is 5.62. The molecule has 0 fully saturated rings. The first-order valence-corrected chi connectivity index (χ1v) is 9.23. The lowest BCUT2D eigenvalue weighted by Crippen LogP contribution is -2.30. The molecule has 0 aliphatic heterocycles. The van der Waals surface area contributed by atoms with E-state index in [9.17, 15) is 9.59 Å². The first-order chi connectivity index (χ1) is 11.6. The molecule has 0 aromatic carbocycles. The van der Waals surface area contributed by atoms with Crippen molar-refractivity contribution in [2.24, 2.45) is 0 Å². The first-order valence-electron chi connectivity index (χ1n) is 7.60. The predicted octanol–water partition coefficient (Wildman–Crippen LogP) is 1.53. The number of carbonyl (C=O) groups excluding carboxylic acids is 1. The van der Waals surface area contributed by atoms with Crippen LogP contribution in [0.15, 0.2) is 4.79 Å². The second kappa shape index (κ2) is 6.02. The van der Waals surface area contributed by atoms with Gasteiger partial charge >= 0.3 is 0 Å². The van der Waals surface area contributed by atoms with Crippen molar-refractivity contribution in [1.29, 1.82) is 0 Å². The van der Waals surface area contributed by atoms with Gasteiger partial charge < -0.3 is 0 Å². The van der Waals surface area contributed by atoms with E-state index in [0.29, 0.717) is 15.3 Å². The lowest BCUT2D eigenvalue weighted by Gasteiger charge is -2.10. The molecule has 8 nitrogen and oxygen atoms in total. The van der Waals surface area contributed by atoms with E-state index in [2.05, 4.69) is 25.8 Å². The van der Waals surface area contributed by atoms with Crippen molar-refractivity contribution in [3.8, 4) is 0 Å². The van der Waals surface area contributed by atoms with Gasteiger partial charge in [-0.3, -0.25) is 14.9 Å². The maximum absolute atomic E-state index is 12.7. The Hall–Kier alpha value is -2.20. The van der Waals surface area contributed by atoms with Gasteiger partial charge in [-0.1, -0.05) is 16.6 Å². The third-order valence-corrected chi connectivity index (χ3v) is 5.84. The molecule has 0 saturated carbocycles. The van der Waals surface area contributed by atoms with E-state index in [0.717, 1.165) is 40.9 Å². The number of fused-ring (bicyclic) bond motifs is 3. The molecule has 1 aliphatic rings. The van der Waals surface area contributed by atoms with Crippen LogP contribution in [0.5, 0.6) is 0 Å². The van der Waals surface area contributed by atoms with Gasteiger partial charge in [0.15, 0.2) is 4.83 Å². The molecule has 0 saturated heterocycles. The van der Waals surface area contributed by atoms with Crippen LogP contribution >= 0.6 is 22.7 Å². The molecule has 1 amide bonds. The zero-order valence-corrected chi connectivity index (χ0v) is 14.5. The molecule has 1 N–H and O–H groups in total. The minimum absolute atomic E-state index is 0.189. The molecule has 0 bridgehead atoms. The number of hydrogen-bond acceptors (Lipinski definition) is 8. The second-order valence-corrected chi connectivity index (χ2v) is 7.88. The van der Waals surface area contributed by atoms with E-state index in [1.807, 2.05) is 0 Å². The van der Waals surface area contributed by atoms with Gasteiger partial charge in [0.05, 0.1) is 5.39 Å². The minimum Gasteiger partial charge on any atom is -0.299 e. The maximum atomic E-state index is 12.7. The Morgan fingerprint density at radius 2 is 2.04 bits per heavy atom. The van der Waals surface area contributed by atoms with Gasteiger partial charge in [-0.05, 0) is 38.2 Å². The molecule has 124 valence electrons. The Balaban J connectivity index is 1.63. The van der Waals surface area contributed by atoms with Gasteiger partial charge in [0, 0.05) is 4.88 Å². The Morgan fingerprint density at radius 3 is 2.83 bits per heavy atom. The molecule has 0 atom stereocenters. The number of rotatable bonds is 3. The van der Waals surface area contributed by atoms with Gasteiger partial charge in [-0.25, -0.2) is 4.68 Å². The summed E-state index contributed by atoms with van der Waals surface area (Å²) in [5, 5.41) is 20.1. The topological polar surface area (TPSA) is 103 Å². The van der Waals surface area contributed by atoms with Gasteiger partial charge in [-0.2, -0.15) is 0 Å². The summed E-state index contributed by atoms with van der Waals surface area (Å²) in [7, 11) is 0. The van der Waals surface area contributed by atoms with E-state index < -0.39 is 0 Å². The quantitative estimate of drug-likeness (QED) is 0.758. The van der Waals surface area contributed by atoms with Crippen LogP contribution in [0.25, 0.3) is 10.2 Å². The van der Waals surface area contributed by atoms with Gasteiger partial charge in [0.25, 0.3) is 5.56 Å². The number of nitrogens with zero attached hydrogens (tertiary/aromatic N) is 5. The van der Waals surface area contributed by atoms with Crippen LogP contribution in [0.2, 0.25) is 0 Å². The lowest BCUT2D eigenvalue weighted by molar-refractivity contribution is -0.117. The van der Waals surface area contributed by atoms with Crippen LogP contribution < -0.4 is 10.9 Å². The molecular formula is C14H14N6O2S2. The molecule has 1 aliphatic carbocycles. The summed E-state index contributed by atoms with van der Waals surface area (Å²) in [6.45, 7) is 1.61. The number of anilines is 1. The van der Waals surface area contributed by atoms with E-state index in [4.69, 9.17) is 0 Å². The standard InChI is InChI=1S/C14H14N6O2S2/c1-7-16-18-14(23-7)15-10(21)6-20-13(22)11-8-4-2-3-5-9(8)24-12(11)17-19-20/h2-6H2,1H3,(H,15,18,21). The Labute approximate surface area is 144 Å². The van der Waals surface area contributed by atoms with Crippen molar-refractivity contribution in [3.05, 3.63) is 25.8 Å². The normalized spacial score (nSPS) is 13.9. The highest BCUT2D eigenvalue weighted by atomic mass is 32.1. The number of carbonyl (C=O) groups is 1. The molecule has 3 aromatic rings. The fraction of sp³-hybridized carbons (Fsp3) is 0.429. The van der Waals surface area contributed by atoms with Gasteiger partial charge in [0.2, 0.25) is 11.0 Å². The van der Waals surface area contributed by atoms with Crippen molar-refractivity contribution >= 4 is 43.9 Å². The van der Waals surface area contributed by atoms with Gasteiger partial charge in [-0.15, -0.1) is 26.6 Å². The Kier molecular flexibility index (Phi) is 3.85. The highest BCUT2D eigenvalue weighted by molar-refractivity contribution is 7.18. The summed E-state index contributed by atoms with van der Waals surface area (Å²) in [5.41, 5.74) is 0.845. The van der Waals surface area contributed by atoms with E-state index >= 15 is 0 Å². The van der Waals surface area contributed by atoms with Crippen LogP contribution in [0, 0.1) is 6.92 Å². The molecule has 4 rings (SSSR count). The highest BCUT2D eigenvalue weighted by Crippen LogP contribution is 2.33. The van der Waals surface area contributed by atoms with Gasteiger partial charge in [0.1, 0.15) is 11.6 Å². The van der Waals surface area contributed by atoms with Crippen LogP contribution in [0.1, 0.15) is 28.3 Å². The number of thiophene rings is 1. The summed E-state index contributed by atoms with van der Waals surface area (Å²) in [6.07, 6.45) is 4.11. The largest absolute Gasteiger partial charge is 0.299 e. The molecule has 3 heterocycles. The zero-order valence-electron chi connectivity index (χ0n) is 12.9. The Bertz CT molecular complexity index is 989. The number of aryl methyl sites for hydroxylation is 3. The smallest absolute Gasteiger partial charge is 0.279 e. The van der Waals surface area contributed by atoms with Crippen molar-refractivity contribution in [3.63, 3.8) is 0 Å². The summed E-state index contributed by atoms with van der Waals surface area (Å²) in [6, 6.07) is 0. The average molecular weight is 362 g/mol. The molecule has 24 heavy (non-hydrogen) atoms. The summed E-state index contributed by atoms with van der Waals surface area (Å²) in [5.74, 6) is -0.369. The third-order valence-electron chi connectivity index (χ3n) is 3.91. The SMILES string of the molecule is Cc1nnc(NC(=O)Cn2nnc3sc4c(c3c2=O)CCCC4)s1. The maximum Gasteiger partial charge on any atom is 0.279 e. The molecule has 0 radical (unpaired) electrons. The van der Waals surface area contributed by atoms with Crippen molar-refractivity contribution in [2.75, 3.05) is 5.32 Å². The highest BCUT2D eigenvalue weighted by Gasteiger charge is 2.21. The number of amides is 1. The van der Waals surface area contributed by atoms with Crippen LogP contribution in [-0.4, -0.2) is 31.1 Å². The number of aromatic nitrogens is 5. The lowest BCUT2D eigenvalue weighted by atomic mass is 9.97. The zero-order chi connectivity index (χ0) is 16.7. The summed E-state index contributed by atoms with van der Waals surface area (Å²) in [4.78, 5) is 26.7. The first kappa shape index (κ1) is 15.3. The minimum atomic E-state index is -0.369. The summed E-state index contributed by atoms with van der Waals surface area (Å²) >= 11 is 2.82. The van der Waals surface area contributed by atoms with Crippen LogP contribution in [0.3, 0.4) is 0 Å². The van der Waals surface area contributed by atoms with E-state index in [1.54, 1.807) is 18.3 Å². The number of hydrogen-bond donors (Lipinski definition) is 1. The fourth-order valence-electron chi connectivity index (χ4n) is 2.85. The van der Waals surface area contributed by atoms with E-state index in [-0.39, 0.29) is 18.0 Å². The molecule has 10 heteroatoms. The van der Waals surface area contributed by atoms with Crippen molar-refractivity contribution < 1.29 is 4.79 Å². The molecule has 3 aromatic heterocycles. The summed E-state index contributed by atoms with van der Waals surface area (Å²) < 4.78 is 1.12. The number of nitrogens with one attached hydrogen (secondary N) is 1. The predicted molar refractivity (Wildman–Crippen MR) is 91.6 cm³/mol. The van der Waals surface area contributed by atoms with Crippen LogP contribution in [0.4, 0.5) is 5.13 Å². The molecular weight excluding hydrogens is 348 g/mol. The van der Waals surface area contributed by atoms with Crippen molar-refractivity contribution in [1.82, 2.24) is 25.2 Å². The monoisotopic (exact) mass is 362 g/mol. The molecule has 0 unspecified atom stereocenters. The average Bonchev–Trinajstić information content (AvgIpc) is 3.13. The van der Waals surface area contributed by atoms with Crippen molar-refractivity contribution in [2.45, 2.75) is 39.2 Å². The molecule has 0 spiro atoms.